The molecular formula is C13H16BrNO2. The Labute approximate surface area is 110 Å². The van der Waals surface area contributed by atoms with Crippen molar-refractivity contribution in [2.45, 2.75) is 12.8 Å². The van der Waals surface area contributed by atoms with Crippen molar-refractivity contribution in [2.75, 3.05) is 25.6 Å². The van der Waals surface area contributed by atoms with Crippen LogP contribution in [-0.4, -0.2) is 26.7 Å². The Morgan fingerprint density at radius 3 is 2.76 bits per heavy atom. The largest absolute Gasteiger partial charge is 0.469 e. The summed E-state index contributed by atoms with van der Waals surface area (Å²) >= 11 is 3.45. The van der Waals surface area contributed by atoms with E-state index >= 15 is 0 Å². The molecule has 0 aliphatic heterocycles. The molecule has 0 atom stereocenters. The standard InChI is InChI=1S/C13H16BrNO2/c1-15(11-5-3-4-10(14)8-11)9-13(6-7-13)12(16)17-2/h3-5,8H,6-7,9H2,1-2H3. The van der Waals surface area contributed by atoms with E-state index in [2.05, 4.69) is 20.8 Å². The van der Waals surface area contributed by atoms with Crippen molar-refractivity contribution in [3.8, 4) is 0 Å². The van der Waals surface area contributed by atoms with E-state index < -0.39 is 0 Å². The fraction of sp³-hybridized carbons (Fsp3) is 0.462. The number of halogens is 1. The van der Waals surface area contributed by atoms with E-state index in [0.29, 0.717) is 0 Å². The highest BCUT2D eigenvalue weighted by Crippen LogP contribution is 2.47. The maximum absolute atomic E-state index is 11.7. The first kappa shape index (κ1) is 12.4. The van der Waals surface area contributed by atoms with Crippen LogP contribution >= 0.6 is 15.9 Å². The molecule has 1 fully saturated rings. The van der Waals surface area contributed by atoms with Crippen LogP contribution in [0.25, 0.3) is 0 Å². The van der Waals surface area contributed by atoms with E-state index in [4.69, 9.17) is 4.74 Å². The Kier molecular flexibility index (Phi) is 3.43. The van der Waals surface area contributed by atoms with Crippen molar-refractivity contribution in [3.63, 3.8) is 0 Å². The maximum atomic E-state index is 11.7. The molecule has 0 radical (unpaired) electrons. The van der Waals surface area contributed by atoms with Gasteiger partial charge in [0, 0.05) is 23.8 Å². The average Bonchev–Trinajstić information content (AvgIpc) is 3.09. The molecule has 0 heterocycles. The monoisotopic (exact) mass is 297 g/mol. The molecule has 3 nitrogen and oxygen atoms in total. The van der Waals surface area contributed by atoms with Gasteiger partial charge in [-0.25, -0.2) is 0 Å². The van der Waals surface area contributed by atoms with Crippen LogP contribution in [0.1, 0.15) is 12.8 Å². The van der Waals surface area contributed by atoms with Crippen molar-refractivity contribution >= 4 is 27.6 Å². The van der Waals surface area contributed by atoms with Crippen molar-refractivity contribution in [2.24, 2.45) is 5.41 Å². The van der Waals surface area contributed by atoms with Gasteiger partial charge in [-0.05, 0) is 31.0 Å². The summed E-state index contributed by atoms with van der Waals surface area (Å²) in [7, 11) is 3.46. The summed E-state index contributed by atoms with van der Waals surface area (Å²) in [5.41, 5.74) is 0.834. The Bertz CT molecular complexity index is 429. The number of anilines is 1. The number of esters is 1. The van der Waals surface area contributed by atoms with Gasteiger partial charge in [-0.2, -0.15) is 0 Å². The molecule has 0 unspecified atom stereocenters. The minimum atomic E-state index is -0.272. The quantitative estimate of drug-likeness (QED) is 0.801. The second kappa shape index (κ2) is 4.69. The maximum Gasteiger partial charge on any atom is 0.313 e. The molecule has 4 heteroatoms. The molecule has 0 spiro atoms. The molecule has 1 aromatic rings. The lowest BCUT2D eigenvalue weighted by Gasteiger charge is -2.24. The van der Waals surface area contributed by atoms with Crippen molar-refractivity contribution in [1.29, 1.82) is 0 Å². The molecule has 0 amide bonds. The number of ether oxygens (including phenoxy) is 1. The van der Waals surface area contributed by atoms with E-state index in [9.17, 15) is 4.79 Å². The van der Waals surface area contributed by atoms with Gasteiger partial charge >= 0.3 is 5.97 Å². The minimum absolute atomic E-state index is 0.0839. The van der Waals surface area contributed by atoms with Crippen LogP contribution in [0.2, 0.25) is 0 Å². The number of rotatable bonds is 4. The summed E-state index contributed by atoms with van der Waals surface area (Å²) < 4.78 is 5.91. The number of benzene rings is 1. The Morgan fingerprint density at radius 2 is 2.24 bits per heavy atom. The summed E-state index contributed by atoms with van der Waals surface area (Å²) in [5, 5.41) is 0. The van der Waals surface area contributed by atoms with E-state index in [0.717, 1.165) is 29.5 Å². The Balaban J connectivity index is 2.07. The zero-order valence-electron chi connectivity index (χ0n) is 10.1. The Morgan fingerprint density at radius 1 is 1.53 bits per heavy atom. The lowest BCUT2D eigenvalue weighted by molar-refractivity contribution is -0.146. The molecule has 17 heavy (non-hydrogen) atoms. The van der Waals surface area contributed by atoms with Gasteiger partial charge in [0.25, 0.3) is 0 Å². The molecule has 1 aliphatic rings. The van der Waals surface area contributed by atoms with Gasteiger partial charge in [-0.1, -0.05) is 22.0 Å². The van der Waals surface area contributed by atoms with Crippen LogP contribution in [0.4, 0.5) is 5.69 Å². The molecule has 0 N–H and O–H groups in total. The van der Waals surface area contributed by atoms with Crippen LogP contribution < -0.4 is 4.90 Å². The van der Waals surface area contributed by atoms with E-state index in [1.54, 1.807) is 0 Å². The third-order valence-electron chi connectivity index (χ3n) is 3.26. The predicted molar refractivity (Wildman–Crippen MR) is 71.1 cm³/mol. The first-order valence-corrected chi connectivity index (χ1v) is 6.42. The number of hydrogen-bond acceptors (Lipinski definition) is 3. The lowest BCUT2D eigenvalue weighted by atomic mass is 10.1. The first-order chi connectivity index (χ1) is 8.07. The lowest BCUT2D eigenvalue weighted by Crippen LogP contribution is -2.32. The fourth-order valence-corrected chi connectivity index (χ4v) is 2.44. The predicted octanol–water partition coefficient (Wildman–Crippen LogP) is 2.84. The second-order valence-electron chi connectivity index (χ2n) is 4.61. The average molecular weight is 298 g/mol. The number of methoxy groups -OCH3 is 1. The molecular weight excluding hydrogens is 282 g/mol. The zero-order chi connectivity index (χ0) is 12.5. The summed E-state index contributed by atoms with van der Waals surface area (Å²) in [6.07, 6.45) is 1.86. The van der Waals surface area contributed by atoms with E-state index in [1.165, 1.54) is 7.11 Å². The highest BCUT2D eigenvalue weighted by Gasteiger charge is 2.51. The summed E-state index contributed by atoms with van der Waals surface area (Å²) in [6, 6.07) is 8.07. The number of nitrogens with zero attached hydrogens (tertiary/aromatic N) is 1. The number of hydrogen-bond donors (Lipinski definition) is 0. The van der Waals surface area contributed by atoms with Gasteiger partial charge < -0.3 is 9.64 Å². The minimum Gasteiger partial charge on any atom is -0.469 e. The summed E-state index contributed by atoms with van der Waals surface area (Å²) in [4.78, 5) is 13.8. The van der Waals surface area contributed by atoms with Crippen molar-refractivity contribution < 1.29 is 9.53 Å². The van der Waals surface area contributed by atoms with Gasteiger partial charge in [-0.15, -0.1) is 0 Å². The molecule has 1 aliphatic carbocycles. The van der Waals surface area contributed by atoms with Gasteiger partial charge in [0.2, 0.25) is 0 Å². The number of carbonyl (C=O) groups is 1. The van der Waals surface area contributed by atoms with Gasteiger partial charge in [-0.3, -0.25) is 4.79 Å². The third-order valence-corrected chi connectivity index (χ3v) is 3.75. The Hall–Kier alpha value is -1.03. The van der Waals surface area contributed by atoms with E-state index in [-0.39, 0.29) is 11.4 Å². The number of carbonyl (C=O) groups excluding carboxylic acids is 1. The van der Waals surface area contributed by atoms with Gasteiger partial charge in [0.05, 0.1) is 12.5 Å². The molecule has 2 rings (SSSR count). The highest BCUT2D eigenvalue weighted by molar-refractivity contribution is 9.10. The topological polar surface area (TPSA) is 29.5 Å². The van der Waals surface area contributed by atoms with Crippen molar-refractivity contribution in [3.05, 3.63) is 28.7 Å². The molecule has 1 aromatic carbocycles. The van der Waals surface area contributed by atoms with Crippen LogP contribution in [0.15, 0.2) is 28.7 Å². The zero-order valence-corrected chi connectivity index (χ0v) is 11.7. The van der Waals surface area contributed by atoms with Crippen LogP contribution in [0, 0.1) is 5.41 Å². The summed E-state index contributed by atoms with van der Waals surface area (Å²) in [5.74, 6) is -0.0839. The second-order valence-corrected chi connectivity index (χ2v) is 5.52. The SMILES string of the molecule is COC(=O)C1(CN(C)c2cccc(Br)c2)CC1. The van der Waals surface area contributed by atoms with Gasteiger partial charge in [0.1, 0.15) is 0 Å². The van der Waals surface area contributed by atoms with Gasteiger partial charge in [0.15, 0.2) is 0 Å². The normalized spacial score (nSPS) is 16.4. The summed E-state index contributed by atoms with van der Waals surface area (Å²) in [6.45, 7) is 0.718. The molecule has 0 saturated heterocycles. The molecule has 1 saturated carbocycles. The molecule has 0 aromatic heterocycles. The smallest absolute Gasteiger partial charge is 0.313 e. The van der Waals surface area contributed by atoms with Crippen LogP contribution in [0.5, 0.6) is 0 Å². The van der Waals surface area contributed by atoms with E-state index in [1.807, 2.05) is 31.3 Å². The van der Waals surface area contributed by atoms with Crippen molar-refractivity contribution in [1.82, 2.24) is 0 Å². The first-order valence-electron chi connectivity index (χ1n) is 5.62. The van der Waals surface area contributed by atoms with Crippen LogP contribution in [-0.2, 0) is 9.53 Å². The highest BCUT2D eigenvalue weighted by atomic mass is 79.9. The third kappa shape index (κ3) is 2.63. The van der Waals surface area contributed by atoms with Crippen LogP contribution in [0.3, 0.4) is 0 Å². The fourth-order valence-electron chi connectivity index (χ4n) is 2.05. The molecule has 0 bridgehead atoms. The molecule has 92 valence electrons.